The summed E-state index contributed by atoms with van der Waals surface area (Å²) in [4.78, 5) is 41.1. The fourth-order valence-electron chi connectivity index (χ4n) is 5.67. The van der Waals surface area contributed by atoms with Crippen molar-refractivity contribution in [3.05, 3.63) is 45.6 Å². The molecule has 1 fully saturated rings. The summed E-state index contributed by atoms with van der Waals surface area (Å²) in [6.45, 7) is 2.97. The van der Waals surface area contributed by atoms with Crippen molar-refractivity contribution in [2.45, 2.75) is 51.1 Å². The van der Waals surface area contributed by atoms with Crippen LogP contribution in [0.15, 0.2) is 29.1 Å². The summed E-state index contributed by atoms with van der Waals surface area (Å²) in [5.74, 6) is 2.12. The van der Waals surface area contributed by atoms with Crippen LogP contribution in [-0.4, -0.2) is 69.2 Å². The van der Waals surface area contributed by atoms with E-state index in [1.54, 1.807) is 45.2 Å². The number of amides is 2. The van der Waals surface area contributed by atoms with Crippen molar-refractivity contribution in [2.24, 2.45) is 0 Å². The lowest BCUT2D eigenvalue weighted by Crippen LogP contribution is -2.42. The zero-order valence-corrected chi connectivity index (χ0v) is 24.7. The lowest BCUT2D eigenvalue weighted by atomic mass is 9.95. The van der Waals surface area contributed by atoms with E-state index in [2.05, 4.69) is 10.6 Å². The number of carbonyl (C=O) groups is 2. The smallest absolute Gasteiger partial charge is 0.245 e. The molecule has 0 unspecified atom stereocenters. The molecule has 1 heterocycles. The highest BCUT2D eigenvalue weighted by molar-refractivity contribution is 7.98. The van der Waals surface area contributed by atoms with Crippen LogP contribution in [0, 0.1) is 0 Å². The van der Waals surface area contributed by atoms with Crippen LogP contribution < -0.4 is 30.3 Å². The average Bonchev–Trinajstić information content (AvgIpc) is 3.39. The monoisotopic (exact) mass is 569 g/mol. The highest BCUT2D eigenvalue weighted by atomic mass is 32.2. The van der Waals surface area contributed by atoms with E-state index in [9.17, 15) is 14.4 Å². The number of hydrogen-bond donors (Lipinski definition) is 2. The molecule has 0 saturated carbocycles. The Balaban J connectivity index is 1.87. The molecule has 0 spiro atoms. The first-order valence-electron chi connectivity index (χ1n) is 13.6. The van der Waals surface area contributed by atoms with Crippen molar-refractivity contribution in [1.82, 2.24) is 10.2 Å². The van der Waals surface area contributed by atoms with Gasteiger partial charge in [0.1, 0.15) is 6.04 Å². The Labute approximate surface area is 239 Å². The van der Waals surface area contributed by atoms with Crippen molar-refractivity contribution in [1.29, 1.82) is 0 Å². The Morgan fingerprint density at radius 2 is 1.80 bits per heavy atom. The van der Waals surface area contributed by atoms with Crippen LogP contribution in [0.5, 0.6) is 17.2 Å². The van der Waals surface area contributed by atoms with Gasteiger partial charge < -0.3 is 29.7 Å². The molecule has 0 aromatic heterocycles. The van der Waals surface area contributed by atoms with Crippen molar-refractivity contribution in [2.75, 3.05) is 51.7 Å². The van der Waals surface area contributed by atoms with Gasteiger partial charge in [0.15, 0.2) is 11.5 Å². The normalized spacial score (nSPS) is 16.7. The molecule has 2 aromatic carbocycles. The van der Waals surface area contributed by atoms with Crippen molar-refractivity contribution in [3.8, 4) is 28.4 Å². The van der Waals surface area contributed by atoms with Gasteiger partial charge in [0.25, 0.3) is 0 Å². The maximum atomic E-state index is 13.7. The maximum Gasteiger partial charge on any atom is 0.245 e. The summed E-state index contributed by atoms with van der Waals surface area (Å²) in [7, 11) is 4.70. The molecule has 2 amide bonds. The third-order valence-electron chi connectivity index (χ3n) is 7.57. The van der Waals surface area contributed by atoms with Crippen LogP contribution in [0.3, 0.4) is 0 Å². The minimum atomic E-state index is -0.502. The fourth-order valence-corrected chi connectivity index (χ4v) is 6.14. The molecule has 0 radical (unpaired) electrons. The molecule has 216 valence electrons. The van der Waals surface area contributed by atoms with E-state index in [0.717, 1.165) is 48.4 Å². The third kappa shape index (κ3) is 6.16. The molecular weight excluding hydrogens is 530 g/mol. The summed E-state index contributed by atoms with van der Waals surface area (Å²) < 4.78 is 17.1. The topological polar surface area (TPSA) is 106 Å². The fraction of sp³-hybridized carbons (Fsp3) is 0.500. The van der Waals surface area contributed by atoms with Gasteiger partial charge >= 0.3 is 0 Å². The van der Waals surface area contributed by atoms with E-state index in [1.165, 1.54) is 6.92 Å². The quantitative estimate of drug-likeness (QED) is 0.442. The van der Waals surface area contributed by atoms with Gasteiger partial charge in [-0.05, 0) is 79.0 Å². The summed E-state index contributed by atoms with van der Waals surface area (Å²) in [5.41, 5.74) is 3.28. The number of nitrogens with zero attached hydrogens (tertiary/aromatic N) is 1. The minimum absolute atomic E-state index is 0.0268. The van der Waals surface area contributed by atoms with E-state index >= 15 is 0 Å². The molecule has 0 bridgehead atoms. The second-order valence-electron chi connectivity index (χ2n) is 10.1. The number of rotatable bonds is 10. The highest BCUT2D eigenvalue weighted by Crippen LogP contribution is 2.50. The molecule has 4 rings (SSSR count). The molecule has 1 saturated heterocycles. The number of anilines is 1. The van der Waals surface area contributed by atoms with Gasteiger partial charge in [0.2, 0.25) is 23.0 Å². The van der Waals surface area contributed by atoms with Crippen LogP contribution in [-0.2, 0) is 16.0 Å². The second-order valence-corrected chi connectivity index (χ2v) is 11.1. The Morgan fingerprint density at radius 3 is 2.42 bits per heavy atom. The molecule has 40 heavy (non-hydrogen) atoms. The van der Waals surface area contributed by atoms with Crippen molar-refractivity contribution < 1.29 is 23.8 Å². The van der Waals surface area contributed by atoms with Gasteiger partial charge in [-0.15, -0.1) is 0 Å². The van der Waals surface area contributed by atoms with Crippen molar-refractivity contribution in [3.63, 3.8) is 0 Å². The SMILES string of the molecule is COc1cc2c(c(OC)c1OC)-c1ccc(N[C@@H](CCSC)C(=O)N3CCCC3)c(=O)cc1[C@@H](NC(C)=O)CC2. The van der Waals surface area contributed by atoms with Crippen LogP contribution >= 0.6 is 11.8 Å². The number of methoxy groups -OCH3 is 3. The number of fused-ring (bicyclic) bond motifs is 3. The average molecular weight is 570 g/mol. The number of aryl methyl sites for hydroxylation is 1. The number of likely N-dealkylation sites (tertiary alicyclic amines) is 1. The number of hydrogen-bond acceptors (Lipinski definition) is 8. The second kappa shape index (κ2) is 13.3. The van der Waals surface area contributed by atoms with E-state index < -0.39 is 12.1 Å². The molecular formula is C30H39N3O6S. The molecule has 10 heteroatoms. The first kappa shape index (κ1) is 29.6. The van der Waals surface area contributed by atoms with Gasteiger partial charge in [-0.25, -0.2) is 0 Å². The van der Waals surface area contributed by atoms with Crippen LogP contribution in [0.4, 0.5) is 5.69 Å². The number of ether oxygens (including phenoxy) is 3. The Hall–Kier alpha value is -3.40. The predicted octanol–water partition coefficient (Wildman–Crippen LogP) is 4.02. The zero-order chi connectivity index (χ0) is 28.8. The first-order chi connectivity index (χ1) is 19.3. The maximum absolute atomic E-state index is 13.7. The summed E-state index contributed by atoms with van der Waals surface area (Å²) in [6.07, 6.45) is 5.81. The van der Waals surface area contributed by atoms with Gasteiger partial charge in [-0.3, -0.25) is 14.4 Å². The Kier molecular flexibility index (Phi) is 9.84. The van der Waals surface area contributed by atoms with E-state index in [-0.39, 0.29) is 17.2 Å². The van der Waals surface area contributed by atoms with Gasteiger partial charge in [0.05, 0.1) is 33.1 Å². The number of nitrogens with one attached hydrogen (secondary N) is 2. The first-order valence-corrected chi connectivity index (χ1v) is 15.0. The molecule has 2 atom stereocenters. The molecule has 1 aliphatic heterocycles. The van der Waals surface area contributed by atoms with Crippen molar-refractivity contribution >= 4 is 29.3 Å². The molecule has 2 aromatic rings. The molecule has 2 aliphatic rings. The van der Waals surface area contributed by atoms with Gasteiger partial charge in [-0.1, -0.05) is 6.07 Å². The summed E-state index contributed by atoms with van der Waals surface area (Å²) in [6, 6.07) is 6.22. The highest BCUT2D eigenvalue weighted by Gasteiger charge is 2.30. The van der Waals surface area contributed by atoms with Gasteiger partial charge in [0, 0.05) is 25.6 Å². The Bertz CT molecular complexity index is 1310. The zero-order valence-electron chi connectivity index (χ0n) is 23.9. The van der Waals surface area contributed by atoms with E-state index in [4.69, 9.17) is 14.2 Å². The largest absolute Gasteiger partial charge is 0.493 e. The molecule has 9 nitrogen and oxygen atoms in total. The summed E-state index contributed by atoms with van der Waals surface area (Å²) >= 11 is 1.67. The van der Waals surface area contributed by atoms with Gasteiger partial charge in [-0.2, -0.15) is 11.8 Å². The predicted molar refractivity (Wildman–Crippen MR) is 159 cm³/mol. The number of thioether (sulfide) groups is 1. The molecule has 2 N–H and O–H groups in total. The Morgan fingerprint density at radius 1 is 1.07 bits per heavy atom. The lowest BCUT2D eigenvalue weighted by molar-refractivity contribution is -0.131. The standard InChI is InChI=1S/C30H39N3O6S/c1-18(34)31-22-10-8-19-16-26(37-2)28(38-3)29(39-4)27(19)20-9-11-23(25(35)17-21(20)22)32-24(12-15-40-5)30(36)33-13-6-7-14-33/h9,11,16-17,22,24H,6-8,10,12-15H2,1-5H3,(H,31,34)(H,32,35)/t22-,24-/m0/s1. The summed E-state index contributed by atoms with van der Waals surface area (Å²) in [5, 5.41) is 6.31. The van der Waals surface area contributed by atoms with Crippen LogP contribution in [0.2, 0.25) is 0 Å². The lowest BCUT2D eigenvalue weighted by Gasteiger charge is -2.24. The third-order valence-corrected chi connectivity index (χ3v) is 8.22. The van der Waals surface area contributed by atoms with E-state index in [0.29, 0.717) is 47.8 Å². The minimum Gasteiger partial charge on any atom is -0.493 e. The number of carbonyl (C=O) groups excluding carboxylic acids is 2. The van der Waals surface area contributed by atoms with E-state index in [1.807, 2.05) is 23.3 Å². The van der Waals surface area contributed by atoms with Crippen LogP contribution in [0.1, 0.15) is 49.8 Å². The van der Waals surface area contributed by atoms with Crippen LogP contribution in [0.25, 0.3) is 11.1 Å². The number of benzene rings is 1. The molecule has 1 aliphatic carbocycles.